The molecular formula is C13H22N2S. The van der Waals surface area contributed by atoms with Crippen molar-refractivity contribution in [3.8, 4) is 0 Å². The Bertz CT molecular complexity index is 323. The van der Waals surface area contributed by atoms with Crippen molar-refractivity contribution in [2.45, 2.75) is 45.6 Å². The van der Waals surface area contributed by atoms with E-state index < -0.39 is 0 Å². The summed E-state index contributed by atoms with van der Waals surface area (Å²) in [5.74, 6) is 1.55. The van der Waals surface area contributed by atoms with Crippen molar-refractivity contribution in [1.82, 2.24) is 10.3 Å². The van der Waals surface area contributed by atoms with Crippen LogP contribution < -0.4 is 5.32 Å². The third kappa shape index (κ3) is 2.03. The molecule has 1 saturated carbocycles. The van der Waals surface area contributed by atoms with E-state index in [9.17, 15) is 0 Å². The Hall–Kier alpha value is -0.410. The van der Waals surface area contributed by atoms with E-state index in [4.69, 9.17) is 0 Å². The summed E-state index contributed by atoms with van der Waals surface area (Å²) in [6.45, 7) is 7.96. The van der Waals surface area contributed by atoms with Crippen LogP contribution in [0.3, 0.4) is 0 Å². The number of hydrogen-bond donors (Lipinski definition) is 1. The number of nitrogens with one attached hydrogen (secondary N) is 1. The number of aromatic nitrogens is 1. The van der Waals surface area contributed by atoms with Crippen LogP contribution in [0.1, 0.15) is 45.0 Å². The van der Waals surface area contributed by atoms with Crippen molar-refractivity contribution in [2.75, 3.05) is 6.54 Å². The number of nitrogens with zero attached hydrogens (tertiary/aromatic N) is 1. The van der Waals surface area contributed by atoms with Crippen LogP contribution >= 0.6 is 11.3 Å². The Morgan fingerprint density at radius 1 is 1.56 bits per heavy atom. The minimum absolute atomic E-state index is 0.148. The zero-order valence-corrected chi connectivity index (χ0v) is 11.3. The zero-order valence-electron chi connectivity index (χ0n) is 10.5. The first kappa shape index (κ1) is 12.1. The second kappa shape index (κ2) is 4.84. The van der Waals surface area contributed by atoms with Crippen molar-refractivity contribution >= 4 is 11.3 Å². The van der Waals surface area contributed by atoms with Gasteiger partial charge in [0.15, 0.2) is 0 Å². The Morgan fingerprint density at radius 3 is 2.94 bits per heavy atom. The van der Waals surface area contributed by atoms with Crippen LogP contribution in [0.2, 0.25) is 0 Å². The third-order valence-corrected chi connectivity index (χ3v) is 4.89. The fraction of sp³-hybridized carbons (Fsp3) is 0.769. The molecule has 1 heterocycles. The number of hydrogen-bond acceptors (Lipinski definition) is 3. The van der Waals surface area contributed by atoms with Gasteiger partial charge in [0.25, 0.3) is 0 Å². The number of rotatable bonds is 3. The average molecular weight is 238 g/mol. The van der Waals surface area contributed by atoms with Crippen LogP contribution in [0, 0.1) is 11.8 Å². The average Bonchev–Trinajstić information content (AvgIpc) is 2.76. The highest BCUT2D eigenvalue weighted by Gasteiger charge is 2.42. The topological polar surface area (TPSA) is 24.9 Å². The van der Waals surface area contributed by atoms with E-state index in [1.807, 2.05) is 6.20 Å². The zero-order chi connectivity index (χ0) is 11.6. The van der Waals surface area contributed by atoms with Gasteiger partial charge in [0.1, 0.15) is 5.01 Å². The molecule has 0 radical (unpaired) electrons. The van der Waals surface area contributed by atoms with Gasteiger partial charge >= 0.3 is 0 Å². The smallest absolute Gasteiger partial charge is 0.113 e. The third-order valence-electron chi connectivity index (χ3n) is 3.93. The lowest BCUT2D eigenvalue weighted by molar-refractivity contribution is 0.124. The summed E-state index contributed by atoms with van der Waals surface area (Å²) in [6, 6.07) is 0. The van der Waals surface area contributed by atoms with Gasteiger partial charge in [-0.25, -0.2) is 4.98 Å². The molecule has 1 aliphatic carbocycles. The Labute approximate surface area is 102 Å². The van der Waals surface area contributed by atoms with Crippen molar-refractivity contribution in [1.29, 1.82) is 0 Å². The highest BCUT2D eigenvalue weighted by Crippen LogP contribution is 2.44. The van der Waals surface area contributed by atoms with E-state index in [1.165, 1.54) is 24.3 Å². The monoisotopic (exact) mass is 238 g/mol. The summed E-state index contributed by atoms with van der Waals surface area (Å²) in [6.07, 6.45) is 5.80. The summed E-state index contributed by atoms with van der Waals surface area (Å²) >= 11 is 1.80. The van der Waals surface area contributed by atoms with Gasteiger partial charge in [0.05, 0.1) is 5.54 Å². The molecule has 0 aromatic carbocycles. The maximum absolute atomic E-state index is 4.56. The molecule has 1 aliphatic rings. The standard InChI is InChI=1S/C13H22N2S/c1-4-15-13(12-14-7-8-16-12)6-5-10(2)9-11(13)3/h7-8,10-11,15H,4-6,9H2,1-3H3. The van der Waals surface area contributed by atoms with Gasteiger partial charge < -0.3 is 5.32 Å². The fourth-order valence-electron chi connectivity index (χ4n) is 3.06. The van der Waals surface area contributed by atoms with E-state index in [2.05, 4.69) is 36.5 Å². The fourth-order valence-corrected chi connectivity index (χ4v) is 4.02. The first-order chi connectivity index (χ1) is 7.69. The summed E-state index contributed by atoms with van der Waals surface area (Å²) in [7, 11) is 0. The highest BCUT2D eigenvalue weighted by atomic mass is 32.1. The second-order valence-electron chi connectivity index (χ2n) is 5.12. The van der Waals surface area contributed by atoms with Crippen molar-refractivity contribution in [2.24, 2.45) is 11.8 Å². The maximum Gasteiger partial charge on any atom is 0.113 e. The molecule has 2 rings (SSSR count). The lowest BCUT2D eigenvalue weighted by atomic mass is 9.70. The van der Waals surface area contributed by atoms with E-state index >= 15 is 0 Å². The summed E-state index contributed by atoms with van der Waals surface area (Å²) in [4.78, 5) is 4.56. The molecule has 3 heteroatoms. The van der Waals surface area contributed by atoms with Crippen LogP contribution in [0.25, 0.3) is 0 Å². The second-order valence-corrected chi connectivity index (χ2v) is 6.01. The molecule has 3 atom stereocenters. The predicted octanol–water partition coefficient (Wildman–Crippen LogP) is 3.40. The van der Waals surface area contributed by atoms with Crippen LogP contribution in [0.15, 0.2) is 11.6 Å². The Balaban J connectivity index is 2.28. The molecular weight excluding hydrogens is 216 g/mol. The van der Waals surface area contributed by atoms with Gasteiger partial charge in [-0.05, 0) is 37.6 Å². The molecule has 0 aliphatic heterocycles. The van der Waals surface area contributed by atoms with Gasteiger partial charge in [-0.2, -0.15) is 0 Å². The predicted molar refractivity (Wildman–Crippen MR) is 69.6 cm³/mol. The minimum atomic E-state index is 0.148. The summed E-state index contributed by atoms with van der Waals surface area (Å²) < 4.78 is 0. The van der Waals surface area contributed by atoms with E-state index in [0.29, 0.717) is 5.92 Å². The molecule has 2 nitrogen and oxygen atoms in total. The molecule has 1 aromatic heterocycles. The van der Waals surface area contributed by atoms with Gasteiger partial charge in [-0.1, -0.05) is 20.8 Å². The van der Waals surface area contributed by atoms with Gasteiger partial charge in [-0.3, -0.25) is 0 Å². The summed E-state index contributed by atoms with van der Waals surface area (Å²) in [5, 5.41) is 7.10. The van der Waals surface area contributed by atoms with E-state index in [0.717, 1.165) is 12.5 Å². The Morgan fingerprint density at radius 2 is 2.38 bits per heavy atom. The molecule has 1 N–H and O–H groups in total. The van der Waals surface area contributed by atoms with E-state index in [-0.39, 0.29) is 5.54 Å². The molecule has 1 aromatic rings. The van der Waals surface area contributed by atoms with Crippen LogP contribution in [0.4, 0.5) is 0 Å². The lowest BCUT2D eigenvalue weighted by Gasteiger charge is -2.44. The van der Waals surface area contributed by atoms with Crippen LogP contribution in [-0.4, -0.2) is 11.5 Å². The van der Waals surface area contributed by atoms with Crippen molar-refractivity contribution < 1.29 is 0 Å². The van der Waals surface area contributed by atoms with Gasteiger partial charge in [-0.15, -0.1) is 11.3 Å². The molecule has 0 amide bonds. The van der Waals surface area contributed by atoms with Gasteiger partial charge in [0, 0.05) is 11.6 Å². The molecule has 3 unspecified atom stereocenters. The minimum Gasteiger partial charge on any atom is -0.305 e. The molecule has 0 saturated heterocycles. The first-order valence-corrected chi connectivity index (χ1v) is 7.22. The largest absolute Gasteiger partial charge is 0.305 e. The molecule has 1 fully saturated rings. The Kier molecular flexibility index (Phi) is 3.65. The quantitative estimate of drug-likeness (QED) is 0.873. The van der Waals surface area contributed by atoms with Crippen molar-refractivity contribution in [3.63, 3.8) is 0 Å². The lowest BCUT2D eigenvalue weighted by Crippen LogP contribution is -2.50. The number of thiazole rings is 1. The first-order valence-electron chi connectivity index (χ1n) is 6.34. The molecule has 0 bridgehead atoms. The van der Waals surface area contributed by atoms with Crippen LogP contribution in [-0.2, 0) is 5.54 Å². The van der Waals surface area contributed by atoms with Crippen LogP contribution in [0.5, 0.6) is 0 Å². The van der Waals surface area contributed by atoms with Gasteiger partial charge in [0.2, 0.25) is 0 Å². The van der Waals surface area contributed by atoms with Crippen molar-refractivity contribution in [3.05, 3.63) is 16.6 Å². The summed E-state index contributed by atoms with van der Waals surface area (Å²) in [5.41, 5.74) is 0.148. The molecule has 0 spiro atoms. The molecule has 16 heavy (non-hydrogen) atoms. The SMILES string of the molecule is CCNC1(c2nccs2)CCC(C)CC1C. The van der Waals surface area contributed by atoms with E-state index in [1.54, 1.807) is 11.3 Å². The highest BCUT2D eigenvalue weighted by molar-refractivity contribution is 7.09. The maximum atomic E-state index is 4.56. The molecule has 90 valence electrons. The normalized spacial score (nSPS) is 35.2.